The van der Waals surface area contributed by atoms with E-state index in [0.717, 1.165) is 16.9 Å². The van der Waals surface area contributed by atoms with Crippen molar-refractivity contribution in [3.8, 4) is 5.69 Å². The smallest absolute Gasteiger partial charge is 0.389 e. The van der Waals surface area contributed by atoms with Crippen LogP contribution in [-0.4, -0.2) is 0 Å². The Bertz CT molecular complexity index is 523. The molecule has 1 heterocycles. The van der Waals surface area contributed by atoms with Gasteiger partial charge in [-0.25, -0.2) is 19.1 Å². The van der Waals surface area contributed by atoms with E-state index in [1.807, 2.05) is 0 Å². The summed E-state index contributed by atoms with van der Waals surface area (Å²) in [5, 5.41) is 3.39. The topological polar surface area (TPSA) is 78.7 Å². The van der Waals surface area contributed by atoms with E-state index in [1.165, 1.54) is 12.1 Å². The van der Waals surface area contributed by atoms with Crippen LogP contribution in [0.3, 0.4) is 0 Å². The Hall–Kier alpha value is -1.66. The second kappa shape index (κ2) is 4.24. The summed E-state index contributed by atoms with van der Waals surface area (Å²) in [5.74, 6) is -0.577. The van der Waals surface area contributed by atoms with E-state index >= 15 is 0 Å². The van der Waals surface area contributed by atoms with Gasteiger partial charge in [-0.2, -0.15) is 0 Å². The van der Waals surface area contributed by atoms with Crippen LogP contribution in [0.15, 0.2) is 33.7 Å². The molecule has 1 aromatic heterocycles. The summed E-state index contributed by atoms with van der Waals surface area (Å²) < 4.78 is 18.4. The standard InChI is InChI=1S/C8H4ClFN2O2.N/c9-6-2-1-5(3-7(6)10)12-4-8(13)14-11-12;/h1-4H;. The van der Waals surface area contributed by atoms with Gasteiger partial charge in [-0.3, -0.25) is 0 Å². The van der Waals surface area contributed by atoms with Crippen molar-refractivity contribution in [3.05, 3.63) is 45.7 Å². The molecule has 0 bridgehead atoms. The zero-order chi connectivity index (χ0) is 10.1. The average molecular weight is 229 g/mol. The minimum atomic E-state index is -0.597. The molecule has 5 nitrogen and oxygen atoms in total. The Morgan fingerprint density at radius 3 is 2.73 bits per heavy atom. The minimum absolute atomic E-state index is 0. The second-order valence-corrected chi connectivity index (χ2v) is 2.97. The Balaban J connectivity index is 0.00000112. The first-order valence-electron chi connectivity index (χ1n) is 3.68. The van der Waals surface area contributed by atoms with E-state index < -0.39 is 11.4 Å². The van der Waals surface area contributed by atoms with E-state index in [2.05, 4.69) is 9.79 Å². The van der Waals surface area contributed by atoms with E-state index in [1.54, 1.807) is 0 Å². The van der Waals surface area contributed by atoms with Gasteiger partial charge in [-0.1, -0.05) is 11.6 Å². The van der Waals surface area contributed by atoms with Crippen LogP contribution < -0.4 is 21.7 Å². The lowest BCUT2D eigenvalue weighted by Crippen LogP contribution is -2.34. The molecular weight excluding hydrogens is 225 g/mol. The van der Waals surface area contributed by atoms with Gasteiger partial charge in [0.1, 0.15) is 5.82 Å². The highest BCUT2D eigenvalue weighted by Gasteiger charge is 2.07. The van der Waals surface area contributed by atoms with Crippen molar-refractivity contribution in [2.45, 2.75) is 0 Å². The molecule has 2 rings (SSSR count). The zero-order valence-corrected chi connectivity index (χ0v) is 7.98. The summed E-state index contributed by atoms with van der Waals surface area (Å²) in [6.45, 7) is 0. The van der Waals surface area contributed by atoms with E-state index in [0.29, 0.717) is 5.69 Å². The van der Waals surface area contributed by atoms with Gasteiger partial charge in [-0.05, 0) is 6.07 Å². The van der Waals surface area contributed by atoms with E-state index in [-0.39, 0.29) is 11.2 Å². The first-order chi connectivity index (χ1) is 6.66. The highest BCUT2D eigenvalue weighted by Crippen LogP contribution is 2.14. The first-order valence-corrected chi connectivity index (χ1v) is 4.06. The summed E-state index contributed by atoms with van der Waals surface area (Å²) in [6, 6.07) is 4.05. The molecule has 0 fully saturated rings. The van der Waals surface area contributed by atoms with Crippen LogP contribution >= 0.6 is 11.6 Å². The maximum absolute atomic E-state index is 13.0. The van der Waals surface area contributed by atoms with Crippen molar-refractivity contribution < 1.29 is 13.6 Å². The van der Waals surface area contributed by atoms with Crippen molar-refractivity contribution in [1.29, 1.82) is 0 Å². The predicted octanol–water partition coefficient (Wildman–Crippen LogP) is 0.186. The van der Waals surface area contributed by atoms with Crippen LogP contribution in [0.1, 0.15) is 0 Å². The Morgan fingerprint density at radius 1 is 1.47 bits per heavy atom. The molecule has 0 N–H and O–H groups in total. The third-order valence-electron chi connectivity index (χ3n) is 1.61. The summed E-state index contributed by atoms with van der Waals surface area (Å²) in [4.78, 5) is 10.6. The molecule has 0 aliphatic carbocycles. The molecule has 0 saturated carbocycles. The van der Waals surface area contributed by atoms with E-state index in [9.17, 15) is 9.18 Å². The lowest BCUT2D eigenvalue weighted by molar-refractivity contribution is -0.676. The molecule has 0 spiro atoms. The number of hydrogen-bond acceptors (Lipinski definition) is 2. The van der Waals surface area contributed by atoms with Crippen molar-refractivity contribution >= 4 is 11.6 Å². The first kappa shape index (κ1) is 11.4. The van der Waals surface area contributed by atoms with Crippen LogP contribution in [0.5, 0.6) is 0 Å². The van der Waals surface area contributed by atoms with Gasteiger partial charge in [0.05, 0.1) is 5.02 Å². The number of nitrogens with zero attached hydrogens (tertiary/aromatic N) is 3. The minimum Gasteiger partial charge on any atom is -0.471 e. The fourth-order valence-corrected chi connectivity index (χ4v) is 1.10. The number of aromatic nitrogens is 2. The summed E-state index contributed by atoms with van der Waals surface area (Å²) >= 11 is 5.48. The molecule has 1 aromatic carbocycles. The van der Waals surface area contributed by atoms with Crippen LogP contribution in [0.4, 0.5) is 4.39 Å². The Kier molecular flexibility index (Phi) is 3.23. The zero-order valence-electron chi connectivity index (χ0n) is 7.22. The van der Waals surface area contributed by atoms with Crippen LogP contribution in [0.2, 0.25) is 5.02 Å². The van der Waals surface area contributed by atoms with Gasteiger partial charge in [0, 0.05) is 18.3 Å². The predicted molar refractivity (Wildman–Crippen MR) is 46.9 cm³/mol. The maximum Gasteiger partial charge on any atom is 0.389 e. The maximum atomic E-state index is 13.0. The van der Waals surface area contributed by atoms with Gasteiger partial charge in [0.2, 0.25) is 5.69 Å². The van der Waals surface area contributed by atoms with E-state index in [4.69, 9.17) is 11.6 Å². The molecular formula is C8H4ClFN3O2. The molecule has 0 aliphatic rings. The normalized spacial score (nSPS) is 9.73. The summed E-state index contributed by atoms with van der Waals surface area (Å²) in [7, 11) is 0. The quantitative estimate of drug-likeness (QED) is 0.654. The lowest BCUT2D eigenvalue weighted by atomic mass is 10.3. The van der Waals surface area contributed by atoms with Gasteiger partial charge in [-0.15, -0.1) is 0 Å². The molecule has 0 amide bonds. The fraction of sp³-hybridized carbons (Fsp3) is 0. The number of rotatable bonds is 1. The van der Waals surface area contributed by atoms with Gasteiger partial charge < -0.3 is 4.52 Å². The monoisotopic (exact) mass is 228 g/mol. The van der Waals surface area contributed by atoms with Crippen LogP contribution in [0, 0.1) is 5.82 Å². The van der Waals surface area contributed by atoms with Gasteiger partial charge in [0.25, 0.3) is 6.20 Å². The van der Waals surface area contributed by atoms with Crippen molar-refractivity contribution in [1.82, 2.24) is 11.4 Å². The largest absolute Gasteiger partial charge is 0.471 e. The molecule has 0 aliphatic heterocycles. The average Bonchev–Trinajstić information content (AvgIpc) is 2.57. The fourth-order valence-electron chi connectivity index (χ4n) is 0.980. The van der Waals surface area contributed by atoms with Crippen molar-refractivity contribution in [2.24, 2.45) is 0 Å². The molecule has 3 radical (unpaired) electrons. The number of benzene rings is 1. The molecule has 77 valence electrons. The molecule has 7 heteroatoms. The van der Waals surface area contributed by atoms with Crippen molar-refractivity contribution in [2.75, 3.05) is 0 Å². The lowest BCUT2D eigenvalue weighted by Gasteiger charge is -1.97. The second-order valence-electron chi connectivity index (χ2n) is 2.56. The van der Waals surface area contributed by atoms with Gasteiger partial charge in [0.15, 0.2) is 0 Å². The third-order valence-corrected chi connectivity index (χ3v) is 1.92. The Labute approximate surface area is 88.6 Å². The van der Waals surface area contributed by atoms with Crippen LogP contribution in [0.25, 0.3) is 5.69 Å². The summed E-state index contributed by atoms with van der Waals surface area (Å²) in [6.07, 6.45) is 1.10. The Morgan fingerprint density at radius 2 is 2.20 bits per heavy atom. The summed E-state index contributed by atoms with van der Waals surface area (Å²) in [5.41, 5.74) is -0.224. The highest BCUT2D eigenvalue weighted by atomic mass is 35.5. The van der Waals surface area contributed by atoms with Crippen LogP contribution in [-0.2, 0) is 0 Å². The van der Waals surface area contributed by atoms with Gasteiger partial charge >= 0.3 is 5.63 Å². The molecule has 0 unspecified atom stereocenters. The highest BCUT2D eigenvalue weighted by molar-refractivity contribution is 6.30. The molecule has 0 atom stereocenters. The number of halogens is 2. The molecule has 2 aromatic rings. The number of hydrogen-bond donors (Lipinski definition) is 0. The third kappa shape index (κ3) is 2.23. The van der Waals surface area contributed by atoms with Crippen molar-refractivity contribution in [3.63, 3.8) is 0 Å². The molecule has 0 saturated heterocycles. The molecule has 15 heavy (non-hydrogen) atoms. The SMILES string of the molecule is O=c1c[n+](-c2ccc(Cl)c(F)c2)[n-]o1.[N].